The van der Waals surface area contributed by atoms with Crippen molar-refractivity contribution in [1.82, 2.24) is 5.32 Å². The fourth-order valence-corrected chi connectivity index (χ4v) is 4.44. The lowest BCUT2D eigenvalue weighted by molar-refractivity contribution is -0.119. The van der Waals surface area contributed by atoms with Gasteiger partial charge in [0.1, 0.15) is 0 Å². The molecule has 1 amide bonds. The molecule has 3 atom stereocenters. The smallest absolute Gasteiger partial charge is 0.230 e. The van der Waals surface area contributed by atoms with E-state index in [1.807, 2.05) is 24.3 Å². The molecule has 0 aromatic heterocycles. The normalized spacial score (nSPS) is 27.8. The molecule has 0 heterocycles. The van der Waals surface area contributed by atoms with Crippen LogP contribution in [0.5, 0.6) is 0 Å². The van der Waals surface area contributed by atoms with Gasteiger partial charge in [-0.15, -0.1) is 11.8 Å². The number of hydrogen-bond donors (Lipinski definition) is 1. The number of hydrogen-bond acceptors (Lipinski definition) is 2. The summed E-state index contributed by atoms with van der Waals surface area (Å²) in [6, 6.07) is 8.28. The topological polar surface area (TPSA) is 29.1 Å². The Balaban J connectivity index is 1.38. The summed E-state index contributed by atoms with van der Waals surface area (Å²) in [6.07, 6.45) is 5.23. The molecule has 1 N–H and O–H groups in total. The largest absolute Gasteiger partial charge is 0.352 e. The van der Waals surface area contributed by atoms with Crippen molar-refractivity contribution in [2.24, 2.45) is 11.8 Å². The molecule has 2 aliphatic rings. The van der Waals surface area contributed by atoms with Crippen LogP contribution >= 0.6 is 23.4 Å². The van der Waals surface area contributed by atoms with E-state index in [0.717, 1.165) is 22.6 Å². The molecule has 108 valence electrons. The molecule has 20 heavy (non-hydrogen) atoms. The lowest BCUT2D eigenvalue weighted by Crippen LogP contribution is -2.39. The maximum absolute atomic E-state index is 12.0. The molecule has 0 radical (unpaired) electrons. The van der Waals surface area contributed by atoms with E-state index in [2.05, 4.69) is 5.32 Å². The maximum atomic E-state index is 12.0. The number of amides is 1. The first-order valence-corrected chi connectivity index (χ1v) is 8.85. The average Bonchev–Trinajstić information content (AvgIpc) is 3.03. The van der Waals surface area contributed by atoms with Crippen molar-refractivity contribution in [2.45, 2.75) is 37.5 Å². The van der Waals surface area contributed by atoms with Gasteiger partial charge in [0.05, 0.1) is 5.75 Å². The van der Waals surface area contributed by atoms with Crippen molar-refractivity contribution in [3.8, 4) is 0 Å². The Morgan fingerprint density at radius 3 is 2.70 bits per heavy atom. The van der Waals surface area contributed by atoms with Gasteiger partial charge in [-0.25, -0.2) is 0 Å². The van der Waals surface area contributed by atoms with Crippen LogP contribution in [0.2, 0.25) is 5.02 Å². The number of rotatable bonds is 5. The van der Waals surface area contributed by atoms with Gasteiger partial charge in [-0.2, -0.15) is 0 Å². The summed E-state index contributed by atoms with van der Waals surface area (Å²) in [5.41, 5.74) is 1.21. The zero-order valence-electron chi connectivity index (χ0n) is 11.5. The second-order valence-corrected chi connectivity index (χ2v) is 7.39. The van der Waals surface area contributed by atoms with Gasteiger partial charge in [-0.05, 0) is 48.8 Å². The Kier molecular flexibility index (Phi) is 4.57. The Morgan fingerprint density at radius 2 is 2.05 bits per heavy atom. The Labute approximate surface area is 129 Å². The van der Waals surface area contributed by atoms with Gasteiger partial charge in [-0.3, -0.25) is 4.79 Å². The van der Waals surface area contributed by atoms with E-state index in [9.17, 15) is 4.79 Å². The van der Waals surface area contributed by atoms with Gasteiger partial charge < -0.3 is 5.32 Å². The molecule has 0 spiro atoms. The van der Waals surface area contributed by atoms with Crippen molar-refractivity contribution < 1.29 is 4.79 Å². The number of halogens is 1. The summed E-state index contributed by atoms with van der Waals surface area (Å²) < 4.78 is 0. The van der Waals surface area contributed by atoms with Crippen LogP contribution in [0.3, 0.4) is 0 Å². The van der Waals surface area contributed by atoms with Gasteiger partial charge in [-0.1, -0.05) is 30.2 Å². The van der Waals surface area contributed by atoms with E-state index >= 15 is 0 Å². The van der Waals surface area contributed by atoms with Crippen LogP contribution in [0.25, 0.3) is 0 Å². The first kappa shape index (κ1) is 14.3. The first-order chi connectivity index (χ1) is 9.70. The molecule has 2 saturated carbocycles. The zero-order chi connectivity index (χ0) is 13.9. The van der Waals surface area contributed by atoms with Crippen molar-refractivity contribution in [2.75, 3.05) is 5.75 Å². The highest BCUT2D eigenvalue weighted by Crippen LogP contribution is 2.44. The van der Waals surface area contributed by atoms with E-state index in [4.69, 9.17) is 11.6 Å². The highest BCUT2D eigenvalue weighted by molar-refractivity contribution is 7.99. The molecule has 0 unspecified atom stereocenters. The highest BCUT2D eigenvalue weighted by atomic mass is 35.5. The SMILES string of the molecule is O=C(CSCc1ccc(Cl)cc1)N[C@H]1C[C@H]2CC[C@@H]1C2. The van der Waals surface area contributed by atoms with Gasteiger partial charge >= 0.3 is 0 Å². The van der Waals surface area contributed by atoms with Crippen LogP contribution in [0.1, 0.15) is 31.2 Å². The van der Waals surface area contributed by atoms with Gasteiger partial charge in [0.25, 0.3) is 0 Å². The lowest BCUT2D eigenvalue weighted by atomic mass is 9.95. The standard InChI is InChI=1S/C16H20ClNOS/c17-14-5-2-11(3-6-14)9-20-10-16(19)18-15-8-12-1-4-13(15)7-12/h2-3,5-6,12-13,15H,1,4,7-10H2,(H,18,19)/t12-,13+,15-/m0/s1. The fourth-order valence-electron chi connectivity index (χ4n) is 3.51. The number of fused-ring (bicyclic) bond motifs is 2. The minimum Gasteiger partial charge on any atom is -0.352 e. The lowest BCUT2D eigenvalue weighted by Gasteiger charge is -2.22. The zero-order valence-corrected chi connectivity index (χ0v) is 13.1. The van der Waals surface area contributed by atoms with Crippen LogP contribution in [0.15, 0.2) is 24.3 Å². The second-order valence-electron chi connectivity index (χ2n) is 5.97. The van der Waals surface area contributed by atoms with E-state index < -0.39 is 0 Å². The molecule has 1 aromatic carbocycles. The van der Waals surface area contributed by atoms with Gasteiger partial charge in [0.15, 0.2) is 0 Å². The van der Waals surface area contributed by atoms with Crippen LogP contribution in [-0.4, -0.2) is 17.7 Å². The van der Waals surface area contributed by atoms with Crippen molar-refractivity contribution in [1.29, 1.82) is 0 Å². The average molecular weight is 310 g/mol. The number of carbonyl (C=O) groups excluding carboxylic acids is 1. The molecule has 2 bridgehead atoms. The molecule has 2 fully saturated rings. The predicted molar refractivity (Wildman–Crippen MR) is 85.0 cm³/mol. The third-order valence-electron chi connectivity index (χ3n) is 4.50. The Bertz CT molecular complexity index is 476. The van der Waals surface area contributed by atoms with Gasteiger partial charge in [0.2, 0.25) is 5.91 Å². The van der Waals surface area contributed by atoms with Crippen molar-refractivity contribution in [3.05, 3.63) is 34.9 Å². The minimum absolute atomic E-state index is 0.196. The number of benzene rings is 1. The first-order valence-electron chi connectivity index (χ1n) is 7.32. The van der Waals surface area contributed by atoms with Crippen molar-refractivity contribution >= 4 is 29.3 Å². The van der Waals surface area contributed by atoms with Gasteiger partial charge in [0, 0.05) is 16.8 Å². The van der Waals surface area contributed by atoms with Crippen molar-refractivity contribution in [3.63, 3.8) is 0 Å². The number of carbonyl (C=O) groups is 1. The molecule has 3 rings (SSSR count). The quantitative estimate of drug-likeness (QED) is 0.894. The molecule has 1 aromatic rings. The molecule has 0 aliphatic heterocycles. The second kappa shape index (κ2) is 6.40. The summed E-state index contributed by atoms with van der Waals surface area (Å²) in [5.74, 6) is 3.25. The van der Waals surface area contributed by atoms with E-state index in [-0.39, 0.29) is 5.91 Å². The van der Waals surface area contributed by atoms with Crippen LogP contribution in [0.4, 0.5) is 0 Å². The Morgan fingerprint density at radius 1 is 1.25 bits per heavy atom. The predicted octanol–water partition coefficient (Wildman–Crippen LogP) is 3.88. The van der Waals surface area contributed by atoms with Crippen LogP contribution < -0.4 is 5.32 Å². The minimum atomic E-state index is 0.196. The summed E-state index contributed by atoms with van der Waals surface area (Å²) >= 11 is 7.52. The summed E-state index contributed by atoms with van der Waals surface area (Å²) in [7, 11) is 0. The molecular formula is C16H20ClNOS. The molecule has 0 saturated heterocycles. The molecular weight excluding hydrogens is 290 g/mol. The van der Waals surface area contributed by atoms with E-state index in [1.54, 1.807) is 11.8 Å². The summed E-state index contributed by atoms with van der Waals surface area (Å²) in [4.78, 5) is 12.0. The third kappa shape index (κ3) is 3.50. The van der Waals surface area contributed by atoms with E-state index in [1.165, 1.54) is 31.2 Å². The third-order valence-corrected chi connectivity index (χ3v) is 5.76. The Hall–Kier alpha value is -0.670. The number of nitrogens with one attached hydrogen (secondary N) is 1. The molecule has 2 aliphatic carbocycles. The molecule has 4 heteroatoms. The van der Waals surface area contributed by atoms with Crippen LogP contribution in [0, 0.1) is 11.8 Å². The maximum Gasteiger partial charge on any atom is 0.230 e. The van der Waals surface area contributed by atoms with Crippen LogP contribution in [-0.2, 0) is 10.5 Å². The fraction of sp³-hybridized carbons (Fsp3) is 0.562. The molecule has 2 nitrogen and oxygen atoms in total. The summed E-state index contributed by atoms with van der Waals surface area (Å²) in [6.45, 7) is 0. The van der Waals surface area contributed by atoms with E-state index in [0.29, 0.717) is 11.8 Å². The number of thioether (sulfide) groups is 1. The monoisotopic (exact) mass is 309 g/mol. The highest BCUT2D eigenvalue weighted by Gasteiger charge is 2.39. The summed E-state index contributed by atoms with van der Waals surface area (Å²) in [5, 5.41) is 3.98.